The van der Waals surface area contributed by atoms with E-state index in [4.69, 9.17) is 14.2 Å². The molecule has 2 atom stereocenters. The van der Waals surface area contributed by atoms with Gasteiger partial charge in [0.05, 0.1) is 30.5 Å². The second-order valence-electron chi connectivity index (χ2n) is 6.91. The fraction of sp³-hybridized carbons (Fsp3) is 0.333. The van der Waals surface area contributed by atoms with Crippen LogP contribution in [0.15, 0.2) is 24.3 Å². The van der Waals surface area contributed by atoms with Gasteiger partial charge in [0.2, 0.25) is 5.78 Å². The van der Waals surface area contributed by atoms with E-state index in [2.05, 4.69) is 10.3 Å². The van der Waals surface area contributed by atoms with Gasteiger partial charge in [0, 0.05) is 5.69 Å². The van der Waals surface area contributed by atoms with Crippen molar-refractivity contribution >= 4 is 29.3 Å². The van der Waals surface area contributed by atoms with Crippen LogP contribution in [0.25, 0.3) is 0 Å². The number of methoxy groups -OCH3 is 1. The number of carbonyl (C=O) groups is 4. The van der Waals surface area contributed by atoms with Crippen LogP contribution in [-0.2, 0) is 19.1 Å². The number of H-pyrrole nitrogens is 1. The predicted octanol–water partition coefficient (Wildman–Crippen LogP) is 2.32. The van der Waals surface area contributed by atoms with Gasteiger partial charge in [-0.2, -0.15) is 0 Å². The number of rotatable bonds is 6. The van der Waals surface area contributed by atoms with E-state index < -0.39 is 35.8 Å². The summed E-state index contributed by atoms with van der Waals surface area (Å²) in [4.78, 5) is 51.9. The largest absolute Gasteiger partial charge is 0.478 e. The van der Waals surface area contributed by atoms with E-state index in [1.54, 1.807) is 38.1 Å². The highest BCUT2D eigenvalue weighted by atomic mass is 16.6. The lowest BCUT2D eigenvalue weighted by Crippen LogP contribution is -2.39. The molecule has 2 aromatic rings. The van der Waals surface area contributed by atoms with Crippen LogP contribution in [0.3, 0.4) is 0 Å². The minimum absolute atomic E-state index is 0.161. The van der Waals surface area contributed by atoms with Gasteiger partial charge in [-0.25, -0.2) is 4.79 Å². The molecular weight excluding hydrogens is 392 g/mol. The molecule has 0 aliphatic carbocycles. The zero-order valence-corrected chi connectivity index (χ0v) is 17.0. The Morgan fingerprint density at radius 2 is 1.90 bits per heavy atom. The molecule has 0 saturated carbocycles. The van der Waals surface area contributed by atoms with E-state index in [1.165, 1.54) is 14.0 Å². The van der Waals surface area contributed by atoms with E-state index in [1.807, 2.05) is 0 Å². The SMILES string of the molecule is COC(=O)c1c(C)[nH]c(C(=O)C(C)OC(=O)CC2Oc3ccccc3NC2=O)c1C. The molecule has 1 aliphatic heterocycles. The van der Waals surface area contributed by atoms with Crippen LogP contribution in [0.1, 0.15) is 45.4 Å². The second-order valence-corrected chi connectivity index (χ2v) is 6.91. The molecule has 1 aromatic heterocycles. The number of benzene rings is 1. The second kappa shape index (κ2) is 8.40. The molecule has 0 radical (unpaired) electrons. The first kappa shape index (κ1) is 21.1. The first-order chi connectivity index (χ1) is 14.2. The van der Waals surface area contributed by atoms with Crippen LogP contribution in [0.4, 0.5) is 5.69 Å². The number of carbonyl (C=O) groups excluding carboxylic acids is 4. The minimum atomic E-state index is -1.13. The molecular formula is C21H22N2O7. The molecule has 2 N–H and O–H groups in total. The van der Waals surface area contributed by atoms with Crippen molar-refractivity contribution < 1.29 is 33.4 Å². The van der Waals surface area contributed by atoms with Crippen LogP contribution in [-0.4, -0.2) is 47.9 Å². The van der Waals surface area contributed by atoms with Crippen LogP contribution >= 0.6 is 0 Å². The normalized spacial score (nSPS) is 16.0. The number of para-hydroxylation sites is 2. The standard InChI is InChI=1S/C21H22N2O7/c1-10-17(21(27)28-4)11(2)22-18(10)19(25)12(3)29-16(24)9-15-20(26)23-13-7-5-6-8-14(13)30-15/h5-8,12,15,22H,9H2,1-4H3,(H,23,26). The third-order valence-electron chi connectivity index (χ3n) is 4.81. The lowest BCUT2D eigenvalue weighted by molar-refractivity contribution is -0.150. The van der Waals surface area contributed by atoms with Gasteiger partial charge in [-0.1, -0.05) is 12.1 Å². The van der Waals surface area contributed by atoms with Crippen molar-refractivity contribution in [1.82, 2.24) is 4.98 Å². The van der Waals surface area contributed by atoms with E-state index in [0.717, 1.165) is 0 Å². The van der Waals surface area contributed by atoms with Gasteiger partial charge in [0.25, 0.3) is 5.91 Å². The van der Waals surface area contributed by atoms with Gasteiger partial charge in [0.1, 0.15) is 5.75 Å². The summed E-state index contributed by atoms with van der Waals surface area (Å²) in [6, 6.07) is 6.86. The predicted molar refractivity (Wildman–Crippen MR) is 106 cm³/mol. The number of hydrogen-bond acceptors (Lipinski definition) is 7. The maximum absolute atomic E-state index is 12.7. The highest BCUT2D eigenvalue weighted by Crippen LogP contribution is 2.29. The summed E-state index contributed by atoms with van der Waals surface area (Å²) >= 11 is 0. The number of aromatic amines is 1. The van der Waals surface area contributed by atoms with Crippen LogP contribution < -0.4 is 10.1 Å². The third kappa shape index (κ3) is 4.05. The lowest BCUT2D eigenvalue weighted by atomic mass is 10.1. The Hall–Kier alpha value is -3.62. The fourth-order valence-corrected chi connectivity index (χ4v) is 3.29. The van der Waals surface area contributed by atoms with Gasteiger partial charge in [0.15, 0.2) is 12.2 Å². The fourth-order valence-electron chi connectivity index (χ4n) is 3.29. The number of nitrogens with one attached hydrogen (secondary N) is 2. The van der Waals surface area contributed by atoms with Crippen molar-refractivity contribution in [3.63, 3.8) is 0 Å². The Labute approximate surface area is 172 Å². The lowest BCUT2D eigenvalue weighted by Gasteiger charge is -2.25. The first-order valence-electron chi connectivity index (χ1n) is 9.30. The van der Waals surface area contributed by atoms with Gasteiger partial charge in [-0.05, 0) is 38.5 Å². The van der Waals surface area contributed by atoms with Gasteiger partial charge < -0.3 is 24.5 Å². The van der Waals surface area contributed by atoms with E-state index >= 15 is 0 Å². The summed E-state index contributed by atoms with van der Waals surface area (Å²) in [5.74, 6) is -1.84. The molecule has 0 spiro atoms. The van der Waals surface area contributed by atoms with Gasteiger partial charge >= 0.3 is 11.9 Å². The topological polar surface area (TPSA) is 124 Å². The smallest absolute Gasteiger partial charge is 0.339 e. The molecule has 1 aromatic carbocycles. The minimum Gasteiger partial charge on any atom is -0.478 e. The first-order valence-corrected chi connectivity index (χ1v) is 9.30. The van der Waals surface area contributed by atoms with Crippen molar-refractivity contribution in [2.24, 2.45) is 0 Å². The highest BCUT2D eigenvalue weighted by molar-refractivity contribution is 6.04. The number of amides is 1. The highest BCUT2D eigenvalue weighted by Gasteiger charge is 2.32. The van der Waals surface area contributed by atoms with Crippen LogP contribution in [0.2, 0.25) is 0 Å². The van der Waals surface area contributed by atoms with Gasteiger partial charge in [-0.15, -0.1) is 0 Å². The van der Waals surface area contributed by atoms with Crippen LogP contribution in [0, 0.1) is 13.8 Å². The molecule has 9 nitrogen and oxygen atoms in total. The van der Waals surface area contributed by atoms with Crippen LogP contribution in [0.5, 0.6) is 5.75 Å². The number of ketones is 1. The maximum Gasteiger partial charge on any atom is 0.339 e. The van der Waals surface area contributed by atoms with Gasteiger partial charge in [-0.3, -0.25) is 14.4 Å². The summed E-state index contributed by atoms with van der Waals surface area (Å²) in [5.41, 5.74) is 1.85. The molecule has 9 heteroatoms. The number of esters is 2. The monoisotopic (exact) mass is 414 g/mol. The Kier molecular flexibility index (Phi) is 5.91. The zero-order chi connectivity index (χ0) is 22.0. The number of ether oxygens (including phenoxy) is 3. The summed E-state index contributed by atoms with van der Waals surface area (Å²) in [7, 11) is 1.25. The summed E-state index contributed by atoms with van der Waals surface area (Å²) in [5, 5.41) is 2.66. The number of aromatic nitrogens is 1. The summed E-state index contributed by atoms with van der Waals surface area (Å²) in [6.07, 6.45) is -2.54. The number of fused-ring (bicyclic) bond motifs is 1. The molecule has 2 unspecified atom stereocenters. The molecule has 0 bridgehead atoms. The number of hydrogen-bond donors (Lipinski definition) is 2. The van der Waals surface area contributed by atoms with E-state index in [0.29, 0.717) is 22.7 Å². The van der Waals surface area contributed by atoms with Crippen molar-refractivity contribution in [2.45, 2.75) is 39.4 Å². The quantitative estimate of drug-likeness (QED) is 0.549. The third-order valence-corrected chi connectivity index (χ3v) is 4.81. The molecule has 0 saturated heterocycles. The Morgan fingerprint density at radius 1 is 1.20 bits per heavy atom. The summed E-state index contributed by atoms with van der Waals surface area (Å²) in [6.45, 7) is 4.67. The van der Waals surface area contributed by atoms with Crippen molar-refractivity contribution in [2.75, 3.05) is 12.4 Å². The molecule has 3 rings (SSSR count). The van der Waals surface area contributed by atoms with Crippen molar-refractivity contribution in [3.8, 4) is 5.75 Å². The van der Waals surface area contributed by atoms with E-state index in [-0.39, 0.29) is 17.7 Å². The molecule has 1 amide bonds. The Bertz CT molecular complexity index is 1020. The van der Waals surface area contributed by atoms with Crippen molar-refractivity contribution in [3.05, 3.63) is 46.8 Å². The maximum atomic E-state index is 12.7. The molecule has 30 heavy (non-hydrogen) atoms. The Balaban J connectivity index is 1.66. The molecule has 0 fully saturated rings. The number of aryl methyl sites for hydroxylation is 1. The molecule has 2 heterocycles. The molecule has 158 valence electrons. The summed E-state index contributed by atoms with van der Waals surface area (Å²) < 4.78 is 15.5. The Morgan fingerprint density at radius 3 is 2.60 bits per heavy atom. The van der Waals surface area contributed by atoms with Crippen molar-refractivity contribution in [1.29, 1.82) is 0 Å². The average molecular weight is 414 g/mol. The van der Waals surface area contributed by atoms with E-state index in [9.17, 15) is 19.2 Å². The zero-order valence-electron chi connectivity index (χ0n) is 17.0. The number of Topliss-reactive ketones (excluding diaryl/α,β-unsaturated/α-hetero) is 1. The number of anilines is 1. The molecule has 1 aliphatic rings. The average Bonchev–Trinajstić information content (AvgIpc) is 3.01.